The van der Waals surface area contributed by atoms with Gasteiger partial charge in [0.2, 0.25) is 0 Å². The van der Waals surface area contributed by atoms with Crippen LogP contribution in [0.4, 0.5) is 4.79 Å². The minimum atomic E-state index is -0.996. The van der Waals surface area contributed by atoms with Crippen LogP contribution >= 0.6 is 0 Å². The first-order chi connectivity index (χ1) is 10.1. The van der Waals surface area contributed by atoms with Crippen LogP contribution in [-0.2, 0) is 13.1 Å². The maximum Gasteiger partial charge on any atom is 0.335 e. The Morgan fingerprint density at radius 2 is 1.90 bits per heavy atom. The molecule has 0 fully saturated rings. The number of hydrogen-bond donors (Lipinski definition) is 3. The van der Waals surface area contributed by atoms with E-state index >= 15 is 0 Å². The van der Waals surface area contributed by atoms with Gasteiger partial charge in [0.15, 0.2) is 0 Å². The summed E-state index contributed by atoms with van der Waals surface area (Å²) in [6, 6.07) is 9.53. The van der Waals surface area contributed by atoms with E-state index in [4.69, 9.17) is 5.11 Å². The maximum atomic E-state index is 11.6. The fourth-order valence-electron chi connectivity index (χ4n) is 1.66. The van der Waals surface area contributed by atoms with E-state index in [1.165, 1.54) is 12.1 Å². The summed E-state index contributed by atoms with van der Waals surface area (Å²) >= 11 is 0. The molecule has 0 bridgehead atoms. The molecule has 0 unspecified atom stereocenters. The van der Waals surface area contributed by atoms with E-state index in [-0.39, 0.29) is 24.7 Å². The molecule has 0 saturated heterocycles. The minimum absolute atomic E-state index is 0.189. The van der Waals surface area contributed by atoms with Crippen LogP contribution in [0, 0.1) is 0 Å². The van der Waals surface area contributed by atoms with Crippen LogP contribution in [0.1, 0.15) is 21.6 Å². The molecule has 3 N–H and O–H groups in total. The standard InChI is InChI=1S/C14H14N4O3/c19-13(20)11-4-1-3-10(7-11)8-15-14(21)16-9-12-5-2-6-17-18-12/h1-7H,8-9H2,(H,19,20)(H2,15,16,21). The lowest BCUT2D eigenvalue weighted by Crippen LogP contribution is -2.34. The second kappa shape index (κ2) is 6.99. The average molecular weight is 286 g/mol. The molecule has 1 aromatic heterocycles. The molecule has 108 valence electrons. The van der Waals surface area contributed by atoms with E-state index < -0.39 is 5.97 Å². The van der Waals surface area contributed by atoms with Crippen LogP contribution in [0.25, 0.3) is 0 Å². The molecule has 0 radical (unpaired) electrons. The second-order valence-corrected chi connectivity index (χ2v) is 4.26. The summed E-state index contributed by atoms with van der Waals surface area (Å²) in [5, 5.41) is 21.7. The van der Waals surface area contributed by atoms with Crippen molar-refractivity contribution in [3.63, 3.8) is 0 Å². The highest BCUT2D eigenvalue weighted by Gasteiger charge is 2.05. The van der Waals surface area contributed by atoms with Crippen LogP contribution in [0.3, 0.4) is 0 Å². The van der Waals surface area contributed by atoms with E-state index in [9.17, 15) is 9.59 Å². The summed E-state index contributed by atoms with van der Waals surface area (Å²) in [5.74, 6) is -0.996. The number of nitrogens with one attached hydrogen (secondary N) is 2. The predicted octanol–water partition coefficient (Wildman–Crippen LogP) is 1.17. The molecule has 0 aliphatic rings. The van der Waals surface area contributed by atoms with Crippen molar-refractivity contribution >= 4 is 12.0 Å². The fraction of sp³-hybridized carbons (Fsp3) is 0.143. The largest absolute Gasteiger partial charge is 0.478 e. The number of hydrogen-bond acceptors (Lipinski definition) is 4. The molecule has 2 rings (SSSR count). The molecule has 2 amide bonds. The second-order valence-electron chi connectivity index (χ2n) is 4.26. The van der Waals surface area contributed by atoms with Crippen molar-refractivity contribution in [3.8, 4) is 0 Å². The lowest BCUT2D eigenvalue weighted by molar-refractivity contribution is 0.0696. The number of carbonyl (C=O) groups is 2. The summed E-state index contributed by atoms with van der Waals surface area (Å²) in [6.45, 7) is 0.516. The Kier molecular flexibility index (Phi) is 4.81. The van der Waals surface area contributed by atoms with Gasteiger partial charge in [-0.3, -0.25) is 0 Å². The lowest BCUT2D eigenvalue weighted by atomic mass is 10.1. The van der Waals surface area contributed by atoms with E-state index in [1.54, 1.807) is 30.5 Å². The minimum Gasteiger partial charge on any atom is -0.478 e. The first-order valence-electron chi connectivity index (χ1n) is 6.25. The highest BCUT2D eigenvalue weighted by Crippen LogP contribution is 2.04. The Labute approximate surface area is 121 Å². The van der Waals surface area contributed by atoms with Gasteiger partial charge in [0, 0.05) is 12.7 Å². The number of carboxylic acid groups (broad SMARTS) is 1. The Morgan fingerprint density at radius 1 is 1.10 bits per heavy atom. The first-order valence-corrected chi connectivity index (χ1v) is 6.25. The zero-order chi connectivity index (χ0) is 15.1. The van der Waals surface area contributed by atoms with Crippen molar-refractivity contribution < 1.29 is 14.7 Å². The van der Waals surface area contributed by atoms with Gasteiger partial charge >= 0.3 is 12.0 Å². The van der Waals surface area contributed by atoms with Crippen molar-refractivity contribution in [2.75, 3.05) is 0 Å². The molecule has 0 aliphatic heterocycles. The quantitative estimate of drug-likeness (QED) is 0.765. The van der Waals surface area contributed by atoms with Gasteiger partial charge in [-0.25, -0.2) is 9.59 Å². The monoisotopic (exact) mass is 286 g/mol. The molecule has 0 atom stereocenters. The van der Waals surface area contributed by atoms with E-state index in [2.05, 4.69) is 20.8 Å². The molecular formula is C14H14N4O3. The highest BCUT2D eigenvalue weighted by atomic mass is 16.4. The molecule has 21 heavy (non-hydrogen) atoms. The average Bonchev–Trinajstić information content (AvgIpc) is 2.52. The zero-order valence-electron chi connectivity index (χ0n) is 11.1. The number of benzene rings is 1. The Hall–Kier alpha value is -2.96. The van der Waals surface area contributed by atoms with Gasteiger partial charge in [-0.2, -0.15) is 10.2 Å². The number of carboxylic acids is 1. The molecule has 0 saturated carbocycles. The normalized spacial score (nSPS) is 9.90. The number of carbonyl (C=O) groups excluding carboxylic acids is 1. The van der Waals surface area contributed by atoms with Gasteiger partial charge in [-0.05, 0) is 29.8 Å². The van der Waals surface area contributed by atoms with Gasteiger partial charge in [0.25, 0.3) is 0 Å². The Bertz CT molecular complexity index is 631. The van der Waals surface area contributed by atoms with Crippen molar-refractivity contribution in [1.82, 2.24) is 20.8 Å². The van der Waals surface area contributed by atoms with Gasteiger partial charge in [-0.15, -0.1) is 0 Å². The van der Waals surface area contributed by atoms with Crippen molar-refractivity contribution in [1.29, 1.82) is 0 Å². The van der Waals surface area contributed by atoms with Gasteiger partial charge in [0.05, 0.1) is 17.8 Å². The van der Waals surface area contributed by atoms with Crippen molar-refractivity contribution in [2.24, 2.45) is 0 Å². The zero-order valence-corrected chi connectivity index (χ0v) is 11.1. The molecule has 1 aromatic carbocycles. The van der Waals surface area contributed by atoms with E-state index in [0.717, 1.165) is 0 Å². The Balaban J connectivity index is 1.81. The molecular weight excluding hydrogens is 272 g/mol. The number of aromatic carboxylic acids is 1. The first kappa shape index (κ1) is 14.4. The van der Waals surface area contributed by atoms with E-state index in [1.807, 2.05) is 0 Å². The fourth-order valence-corrected chi connectivity index (χ4v) is 1.66. The third-order valence-electron chi connectivity index (χ3n) is 2.68. The summed E-state index contributed by atoms with van der Waals surface area (Å²) in [4.78, 5) is 22.5. The molecule has 7 heteroatoms. The van der Waals surface area contributed by atoms with Gasteiger partial charge in [-0.1, -0.05) is 12.1 Å². The number of rotatable bonds is 5. The van der Waals surface area contributed by atoms with Crippen LogP contribution in [0.2, 0.25) is 0 Å². The van der Waals surface area contributed by atoms with Crippen LogP contribution in [0.5, 0.6) is 0 Å². The van der Waals surface area contributed by atoms with E-state index in [0.29, 0.717) is 11.3 Å². The summed E-state index contributed by atoms with van der Waals surface area (Å²) in [5.41, 5.74) is 1.55. The number of amides is 2. The topological polar surface area (TPSA) is 104 Å². The third-order valence-corrected chi connectivity index (χ3v) is 2.68. The molecule has 2 aromatic rings. The number of nitrogens with zero attached hydrogens (tertiary/aromatic N) is 2. The summed E-state index contributed by atoms with van der Waals surface area (Å²) < 4.78 is 0. The molecule has 1 heterocycles. The number of aromatic nitrogens is 2. The summed E-state index contributed by atoms with van der Waals surface area (Å²) in [6.07, 6.45) is 1.55. The lowest BCUT2D eigenvalue weighted by Gasteiger charge is -2.07. The van der Waals surface area contributed by atoms with Gasteiger partial charge in [0.1, 0.15) is 0 Å². The maximum absolute atomic E-state index is 11.6. The van der Waals surface area contributed by atoms with Crippen LogP contribution < -0.4 is 10.6 Å². The summed E-state index contributed by atoms with van der Waals surface area (Å²) in [7, 11) is 0. The molecule has 0 spiro atoms. The Morgan fingerprint density at radius 3 is 2.62 bits per heavy atom. The third kappa shape index (κ3) is 4.57. The number of urea groups is 1. The van der Waals surface area contributed by atoms with Crippen LogP contribution in [-0.4, -0.2) is 27.3 Å². The van der Waals surface area contributed by atoms with Crippen molar-refractivity contribution in [3.05, 3.63) is 59.4 Å². The van der Waals surface area contributed by atoms with Gasteiger partial charge < -0.3 is 15.7 Å². The van der Waals surface area contributed by atoms with Crippen LogP contribution in [0.15, 0.2) is 42.6 Å². The predicted molar refractivity (Wildman–Crippen MR) is 74.5 cm³/mol. The van der Waals surface area contributed by atoms with Crippen molar-refractivity contribution in [2.45, 2.75) is 13.1 Å². The smallest absolute Gasteiger partial charge is 0.335 e. The molecule has 7 nitrogen and oxygen atoms in total. The SMILES string of the molecule is O=C(NCc1cccc(C(=O)O)c1)NCc1cccnn1. The molecule has 0 aliphatic carbocycles. The highest BCUT2D eigenvalue weighted by molar-refractivity contribution is 5.87.